The van der Waals surface area contributed by atoms with Crippen molar-refractivity contribution < 1.29 is 14.4 Å². The number of aryl methyl sites for hydroxylation is 1. The standard InChI is InChI=1S/C13H12N4O3/c1-17-7-14-6-10(17)12-15-13(20-16-12)9-4-3-8(19-2)5-11(9)18/h3-7,18H,1-2H3. The van der Waals surface area contributed by atoms with Crippen molar-refractivity contribution in [2.75, 3.05) is 7.11 Å². The summed E-state index contributed by atoms with van der Waals surface area (Å²) in [6, 6.07) is 4.86. The maximum Gasteiger partial charge on any atom is 0.262 e. The van der Waals surface area contributed by atoms with Crippen LogP contribution in [0, 0.1) is 0 Å². The molecule has 2 heterocycles. The number of rotatable bonds is 3. The first-order chi connectivity index (χ1) is 9.69. The summed E-state index contributed by atoms with van der Waals surface area (Å²) in [5.41, 5.74) is 1.18. The van der Waals surface area contributed by atoms with Gasteiger partial charge in [0.15, 0.2) is 0 Å². The Labute approximate surface area is 114 Å². The molecule has 0 saturated heterocycles. The number of benzene rings is 1. The van der Waals surface area contributed by atoms with E-state index in [2.05, 4.69) is 15.1 Å². The Kier molecular flexibility index (Phi) is 2.86. The Morgan fingerprint density at radius 3 is 2.85 bits per heavy atom. The maximum absolute atomic E-state index is 9.94. The van der Waals surface area contributed by atoms with Crippen LogP contribution < -0.4 is 4.74 Å². The van der Waals surface area contributed by atoms with Gasteiger partial charge in [-0.25, -0.2) is 4.98 Å². The van der Waals surface area contributed by atoms with Crippen LogP contribution in [-0.2, 0) is 7.05 Å². The van der Waals surface area contributed by atoms with Crippen LogP contribution in [0.25, 0.3) is 23.0 Å². The SMILES string of the molecule is COc1ccc(-c2nc(-c3cncn3C)no2)c(O)c1. The first kappa shape index (κ1) is 12.2. The van der Waals surface area contributed by atoms with Crippen molar-refractivity contribution in [2.45, 2.75) is 0 Å². The van der Waals surface area contributed by atoms with E-state index in [0.29, 0.717) is 17.1 Å². The van der Waals surface area contributed by atoms with Gasteiger partial charge < -0.3 is 18.9 Å². The van der Waals surface area contributed by atoms with Crippen molar-refractivity contribution in [2.24, 2.45) is 7.05 Å². The van der Waals surface area contributed by atoms with Crippen molar-refractivity contribution in [1.82, 2.24) is 19.7 Å². The van der Waals surface area contributed by atoms with Crippen molar-refractivity contribution in [3.8, 4) is 34.5 Å². The molecule has 102 valence electrons. The molecule has 0 fully saturated rings. The second-order valence-corrected chi connectivity index (χ2v) is 4.20. The Hall–Kier alpha value is -2.83. The monoisotopic (exact) mass is 272 g/mol. The van der Waals surface area contributed by atoms with Crippen molar-refractivity contribution in [3.63, 3.8) is 0 Å². The number of phenolic OH excluding ortho intramolecular Hbond substituents is 1. The lowest BCUT2D eigenvalue weighted by Gasteiger charge is -2.02. The van der Waals surface area contributed by atoms with Crippen LogP contribution in [0.4, 0.5) is 0 Å². The molecule has 1 aromatic carbocycles. The molecular formula is C13H12N4O3. The number of aromatic hydroxyl groups is 1. The summed E-state index contributed by atoms with van der Waals surface area (Å²) in [5.74, 6) is 1.22. The van der Waals surface area contributed by atoms with Crippen LogP contribution in [0.3, 0.4) is 0 Å². The lowest BCUT2D eigenvalue weighted by molar-refractivity contribution is 0.405. The topological polar surface area (TPSA) is 86.2 Å². The number of nitrogens with zero attached hydrogens (tertiary/aromatic N) is 4. The normalized spacial score (nSPS) is 10.7. The van der Waals surface area contributed by atoms with Gasteiger partial charge in [0.05, 0.1) is 25.2 Å². The zero-order valence-corrected chi connectivity index (χ0v) is 10.9. The number of hydrogen-bond donors (Lipinski definition) is 1. The average Bonchev–Trinajstić information content (AvgIpc) is 3.07. The summed E-state index contributed by atoms with van der Waals surface area (Å²) in [6.07, 6.45) is 3.29. The zero-order chi connectivity index (χ0) is 14.1. The highest BCUT2D eigenvalue weighted by Gasteiger charge is 2.16. The van der Waals surface area contributed by atoms with Crippen LogP contribution in [-0.4, -0.2) is 31.9 Å². The van der Waals surface area contributed by atoms with Gasteiger partial charge in [0.25, 0.3) is 5.89 Å². The fourth-order valence-electron chi connectivity index (χ4n) is 1.83. The lowest BCUT2D eigenvalue weighted by atomic mass is 10.2. The number of hydrogen-bond acceptors (Lipinski definition) is 6. The molecule has 0 unspecified atom stereocenters. The second-order valence-electron chi connectivity index (χ2n) is 4.20. The lowest BCUT2D eigenvalue weighted by Crippen LogP contribution is -1.90. The molecular weight excluding hydrogens is 260 g/mol. The number of ether oxygens (including phenoxy) is 1. The Morgan fingerprint density at radius 1 is 1.35 bits per heavy atom. The third-order valence-corrected chi connectivity index (χ3v) is 2.91. The van der Waals surface area contributed by atoms with E-state index >= 15 is 0 Å². The van der Waals surface area contributed by atoms with Crippen molar-refractivity contribution in [1.29, 1.82) is 0 Å². The van der Waals surface area contributed by atoms with Crippen LogP contribution in [0.5, 0.6) is 11.5 Å². The zero-order valence-electron chi connectivity index (χ0n) is 10.9. The van der Waals surface area contributed by atoms with Gasteiger partial charge in [0.2, 0.25) is 5.82 Å². The molecule has 20 heavy (non-hydrogen) atoms. The predicted molar refractivity (Wildman–Crippen MR) is 70.2 cm³/mol. The van der Waals surface area contributed by atoms with E-state index in [-0.39, 0.29) is 11.6 Å². The van der Waals surface area contributed by atoms with Gasteiger partial charge in [-0.15, -0.1) is 0 Å². The Morgan fingerprint density at radius 2 is 2.20 bits per heavy atom. The van der Waals surface area contributed by atoms with Crippen LogP contribution in [0.2, 0.25) is 0 Å². The summed E-state index contributed by atoms with van der Waals surface area (Å²) in [4.78, 5) is 8.26. The van der Waals surface area contributed by atoms with E-state index in [4.69, 9.17) is 9.26 Å². The minimum Gasteiger partial charge on any atom is -0.507 e. The van der Waals surface area contributed by atoms with E-state index in [0.717, 1.165) is 5.69 Å². The number of imidazole rings is 1. The van der Waals surface area contributed by atoms with Crippen LogP contribution in [0.1, 0.15) is 0 Å². The maximum atomic E-state index is 9.94. The molecule has 0 radical (unpaired) electrons. The fraction of sp³-hybridized carbons (Fsp3) is 0.154. The summed E-state index contributed by atoms with van der Waals surface area (Å²) in [6.45, 7) is 0. The third-order valence-electron chi connectivity index (χ3n) is 2.91. The molecule has 0 saturated carbocycles. The van der Waals surface area contributed by atoms with Gasteiger partial charge in [-0.2, -0.15) is 4.98 Å². The van der Waals surface area contributed by atoms with E-state index in [9.17, 15) is 5.11 Å². The molecule has 0 spiro atoms. The van der Waals surface area contributed by atoms with E-state index in [1.54, 1.807) is 29.2 Å². The third kappa shape index (κ3) is 1.99. The summed E-state index contributed by atoms with van der Waals surface area (Å²) >= 11 is 0. The molecule has 1 N–H and O–H groups in total. The minimum atomic E-state index is 0.0181. The van der Waals surface area contributed by atoms with E-state index in [1.165, 1.54) is 13.2 Å². The van der Waals surface area contributed by atoms with Crippen molar-refractivity contribution in [3.05, 3.63) is 30.7 Å². The largest absolute Gasteiger partial charge is 0.507 e. The molecule has 7 heteroatoms. The Balaban J connectivity index is 2.00. The van der Waals surface area contributed by atoms with Crippen LogP contribution in [0.15, 0.2) is 35.2 Å². The van der Waals surface area contributed by atoms with Gasteiger partial charge in [0, 0.05) is 13.1 Å². The quantitative estimate of drug-likeness (QED) is 0.783. The van der Waals surface area contributed by atoms with Gasteiger partial charge in [-0.1, -0.05) is 5.16 Å². The van der Waals surface area contributed by atoms with Gasteiger partial charge in [0.1, 0.15) is 17.2 Å². The number of phenols is 1. The molecule has 3 rings (SSSR count). The number of methoxy groups -OCH3 is 1. The fourth-order valence-corrected chi connectivity index (χ4v) is 1.83. The second kappa shape index (κ2) is 4.69. The van der Waals surface area contributed by atoms with Crippen molar-refractivity contribution >= 4 is 0 Å². The summed E-state index contributed by atoms with van der Waals surface area (Å²) in [5, 5.41) is 13.8. The first-order valence-corrected chi connectivity index (χ1v) is 5.87. The van der Waals surface area contributed by atoms with E-state index < -0.39 is 0 Å². The first-order valence-electron chi connectivity index (χ1n) is 5.87. The smallest absolute Gasteiger partial charge is 0.262 e. The molecule has 0 atom stereocenters. The molecule has 0 aliphatic rings. The summed E-state index contributed by atoms with van der Waals surface area (Å²) in [7, 11) is 3.37. The Bertz CT molecular complexity index is 748. The van der Waals surface area contributed by atoms with Gasteiger partial charge in [-0.3, -0.25) is 0 Å². The molecule has 7 nitrogen and oxygen atoms in total. The highest BCUT2D eigenvalue weighted by Crippen LogP contribution is 2.32. The summed E-state index contributed by atoms with van der Waals surface area (Å²) < 4.78 is 12.0. The molecule has 0 aliphatic carbocycles. The molecule has 0 amide bonds. The predicted octanol–water partition coefficient (Wildman–Crippen LogP) is 1.85. The van der Waals surface area contributed by atoms with E-state index in [1.807, 2.05) is 7.05 Å². The minimum absolute atomic E-state index is 0.0181. The molecule has 0 aliphatic heterocycles. The molecule has 0 bridgehead atoms. The molecule has 2 aromatic heterocycles. The van der Waals surface area contributed by atoms with Gasteiger partial charge in [-0.05, 0) is 12.1 Å². The van der Waals surface area contributed by atoms with Gasteiger partial charge >= 0.3 is 0 Å². The molecule has 3 aromatic rings. The average molecular weight is 272 g/mol. The highest BCUT2D eigenvalue weighted by atomic mass is 16.5. The highest BCUT2D eigenvalue weighted by molar-refractivity contribution is 5.65. The number of aromatic nitrogens is 4. The van der Waals surface area contributed by atoms with Crippen LogP contribution >= 0.6 is 0 Å².